The molecule has 0 radical (unpaired) electrons. The number of anilines is 1. The van der Waals surface area contributed by atoms with Crippen LogP contribution in [0.2, 0.25) is 0 Å². The fourth-order valence-corrected chi connectivity index (χ4v) is 3.86. The zero-order chi connectivity index (χ0) is 18.4. The lowest BCUT2D eigenvalue weighted by Crippen LogP contribution is -2.41. The van der Waals surface area contributed by atoms with Gasteiger partial charge in [0.05, 0.1) is 5.92 Å². The summed E-state index contributed by atoms with van der Waals surface area (Å²) in [5.74, 6) is 0.273. The van der Waals surface area contributed by atoms with Gasteiger partial charge in [-0.3, -0.25) is 4.79 Å². The van der Waals surface area contributed by atoms with Crippen molar-refractivity contribution >= 4 is 11.6 Å². The molecule has 0 unspecified atom stereocenters. The molecule has 3 nitrogen and oxygen atoms in total. The van der Waals surface area contributed by atoms with E-state index in [1.165, 1.54) is 5.56 Å². The molecule has 1 atom stereocenters. The van der Waals surface area contributed by atoms with Crippen molar-refractivity contribution in [1.29, 1.82) is 0 Å². The van der Waals surface area contributed by atoms with Gasteiger partial charge in [0, 0.05) is 12.2 Å². The van der Waals surface area contributed by atoms with Crippen molar-refractivity contribution in [3.63, 3.8) is 0 Å². The maximum atomic E-state index is 12.8. The Bertz CT molecular complexity index is 706. The molecular formula is C23H30N2O. The second-order valence-corrected chi connectivity index (χ2v) is 7.48. The van der Waals surface area contributed by atoms with E-state index in [4.69, 9.17) is 0 Å². The summed E-state index contributed by atoms with van der Waals surface area (Å²) in [7, 11) is 0. The van der Waals surface area contributed by atoms with Gasteiger partial charge in [0.25, 0.3) is 0 Å². The monoisotopic (exact) mass is 350 g/mol. The minimum atomic E-state index is 0.0967. The van der Waals surface area contributed by atoms with Crippen LogP contribution in [0.25, 0.3) is 0 Å². The zero-order valence-electron chi connectivity index (χ0n) is 16.0. The molecule has 138 valence electrons. The molecule has 2 aromatic rings. The molecule has 1 amide bonds. The van der Waals surface area contributed by atoms with Crippen molar-refractivity contribution in [3.05, 3.63) is 65.2 Å². The minimum absolute atomic E-state index is 0.0967. The normalized spacial score (nSPS) is 17.8. The minimum Gasteiger partial charge on any atom is -0.325 e. The summed E-state index contributed by atoms with van der Waals surface area (Å²) in [4.78, 5) is 15.2. The van der Waals surface area contributed by atoms with Gasteiger partial charge >= 0.3 is 0 Å². The number of likely N-dealkylation sites (tertiary alicyclic amines) is 1. The Morgan fingerprint density at radius 3 is 2.54 bits per heavy atom. The first-order chi connectivity index (χ1) is 12.6. The van der Waals surface area contributed by atoms with Crippen LogP contribution in [0.5, 0.6) is 0 Å². The van der Waals surface area contributed by atoms with Gasteiger partial charge < -0.3 is 10.2 Å². The van der Waals surface area contributed by atoms with Crippen LogP contribution in [0.4, 0.5) is 5.69 Å². The lowest BCUT2D eigenvalue weighted by atomic mass is 9.96. The number of hydrogen-bond donors (Lipinski definition) is 1. The average Bonchev–Trinajstić information content (AvgIpc) is 2.66. The van der Waals surface area contributed by atoms with Crippen LogP contribution >= 0.6 is 0 Å². The quantitative estimate of drug-likeness (QED) is 0.826. The SMILES string of the molecule is Cc1cccc(C)c1NC(=O)[C@@H]1CCCN(CCCc2ccccc2)C1. The summed E-state index contributed by atoms with van der Waals surface area (Å²) in [6, 6.07) is 16.8. The first-order valence-corrected chi connectivity index (χ1v) is 9.77. The molecule has 1 heterocycles. The lowest BCUT2D eigenvalue weighted by molar-refractivity contribution is -0.121. The Balaban J connectivity index is 1.50. The smallest absolute Gasteiger partial charge is 0.228 e. The number of nitrogens with one attached hydrogen (secondary N) is 1. The summed E-state index contributed by atoms with van der Waals surface area (Å²) in [5, 5.41) is 3.19. The van der Waals surface area contributed by atoms with E-state index in [2.05, 4.69) is 66.5 Å². The maximum absolute atomic E-state index is 12.8. The van der Waals surface area contributed by atoms with Crippen molar-refractivity contribution in [2.45, 2.75) is 39.5 Å². The second-order valence-electron chi connectivity index (χ2n) is 7.48. The second kappa shape index (κ2) is 9.00. The predicted molar refractivity (Wildman–Crippen MR) is 108 cm³/mol. The summed E-state index contributed by atoms with van der Waals surface area (Å²) in [6.45, 7) is 7.17. The molecule has 1 N–H and O–H groups in total. The van der Waals surface area contributed by atoms with E-state index >= 15 is 0 Å². The maximum Gasteiger partial charge on any atom is 0.228 e. The van der Waals surface area contributed by atoms with Crippen molar-refractivity contribution < 1.29 is 4.79 Å². The van der Waals surface area contributed by atoms with Crippen LogP contribution in [0.15, 0.2) is 48.5 Å². The summed E-state index contributed by atoms with van der Waals surface area (Å²) in [6.07, 6.45) is 4.36. The fourth-order valence-electron chi connectivity index (χ4n) is 3.86. The zero-order valence-corrected chi connectivity index (χ0v) is 16.0. The molecule has 1 aliphatic rings. The van der Waals surface area contributed by atoms with Crippen molar-refractivity contribution in [2.75, 3.05) is 25.0 Å². The molecule has 1 saturated heterocycles. The Morgan fingerprint density at radius 1 is 1.08 bits per heavy atom. The van der Waals surface area contributed by atoms with Crippen LogP contribution < -0.4 is 5.32 Å². The highest BCUT2D eigenvalue weighted by molar-refractivity contribution is 5.94. The van der Waals surface area contributed by atoms with E-state index in [0.717, 1.165) is 62.1 Å². The van der Waals surface area contributed by atoms with Gasteiger partial charge in [-0.15, -0.1) is 0 Å². The number of carbonyl (C=O) groups is 1. The number of benzene rings is 2. The highest BCUT2D eigenvalue weighted by Crippen LogP contribution is 2.23. The Kier molecular flexibility index (Phi) is 6.45. The molecule has 0 bridgehead atoms. The first kappa shape index (κ1) is 18.7. The third-order valence-corrected chi connectivity index (χ3v) is 5.39. The van der Waals surface area contributed by atoms with E-state index in [1.807, 2.05) is 6.07 Å². The molecule has 2 aromatic carbocycles. The fraction of sp³-hybridized carbons (Fsp3) is 0.435. The summed E-state index contributed by atoms with van der Waals surface area (Å²) in [5.41, 5.74) is 4.65. The third kappa shape index (κ3) is 4.95. The van der Waals surface area contributed by atoms with Gasteiger partial charge in [-0.2, -0.15) is 0 Å². The van der Waals surface area contributed by atoms with E-state index in [9.17, 15) is 4.79 Å². The summed E-state index contributed by atoms with van der Waals surface area (Å²) < 4.78 is 0. The number of aryl methyl sites for hydroxylation is 3. The van der Waals surface area contributed by atoms with Crippen molar-refractivity contribution in [3.8, 4) is 0 Å². The topological polar surface area (TPSA) is 32.3 Å². The number of carbonyl (C=O) groups excluding carboxylic acids is 1. The molecule has 0 aromatic heterocycles. The average molecular weight is 351 g/mol. The number of piperidine rings is 1. The number of hydrogen-bond acceptors (Lipinski definition) is 2. The molecule has 0 saturated carbocycles. The van der Waals surface area contributed by atoms with Crippen LogP contribution in [-0.2, 0) is 11.2 Å². The standard InChI is InChI=1S/C23H30N2O/c1-18-9-6-10-19(2)22(18)24-23(26)21-14-8-16-25(17-21)15-7-13-20-11-4-3-5-12-20/h3-6,9-12,21H,7-8,13-17H2,1-2H3,(H,24,26)/t21-/m1/s1. The third-order valence-electron chi connectivity index (χ3n) is 5.39. The van der Waals surface area contributed by atoms with Crippen LogP contribution in [0.1, 0.15) is 36.0 Å². The molecule has 1 fully saturated rings. The van der Waals surface area contributed by atoms with Gasteiger partial charge in [0.1, 0.15) is 0 Å². The Hall–Kier alpha value is -2.13. The van der Waals surface area contributed by atoms with Gasteiger partial charge in [0.2, 0.25) is 5.91 Å². The van der Waals surface area contributed by atoms with E-state index < -0.39 is 0 Å². The highest BCUT2D eigenvalue weighted by Gasteiger charge is 2.26. The van der Waals surface area contributed by atoms with E-state index in [-0.39, 0.29) is 11.8 Å². The molecule has 1 aliphatic heterocycles. The van der Waals surface area contributed by atoms with Gasteiger partial charge in [-0.1, -0.05) is 48.5 Å². The van der Waals surface area contributed by atoms with Gasteiger partial charge in [-0.05, 0) is 69.3 Å². The van der Waals surface area contributed by atoms with Crippen LogP contribution in [-0.4, -0.2) is 30.4 Å². The molecular weight excluding hydrogens is 320 g/mol. The van der Waals surface area contributed by atoms with Crippen LogP contribution in [0, 0.1) is 19.8 Å². The molecule has 0 spiro atoms. The van der Waals surface area contributed by atoms with Gasteiger partial charge in [-0.25, -0.2) is 0 Å². The first-order valence-electron chi connectivity index (χ1n) is 9.77. The lowest BCUT2D eigenvalue weighted by Gasteiger charge is -2.32. The largest absolute Gasteiger partial charge is 0.325 e. The number of rotatable bonds is 6. The molecule has 26 heavy (non-hydrogen) atoms. The highest BCUT2D eigenvalue weighted by atomic mass is 16.1. The van der Waals surface area contributed by atoms with Crippen LogP contribution in [0.3, 0.4) is 0 Å². The number of amides is 1. The molecule has 3 heteroatoms. The van der Waals surface area contributed by atoms with Crippen molar-refractivity contribution in [1.82, 2.24) is 4.90 Å². The summed E-state index contributed by atoms with van der Waals surface area (Å²) >= 11 is 0. The molecule has 3 rings (SSSR count). The Labute approximate surface area is 157 Å². The number of para-hydroxylation sites is 1. The van der Waals surface area contributed by atoms with Crippen molar-refractivity contribution in [2.24, 2.45) is 5.92 Å². The van der Waals surface area contributed by atoms with Gasteiger partial charge in [0.15, 0.2) is 0 Å². The van der Waals surface area contributed by atoms with E-state index in [1.54, 1.807) is 0 Å². The number of nitrogens with zero attached hydrogens (tertiary/aromatic N) is 1. The Morgan fingerprint density at radius 2 is 1.81 bits per heavy atom. The predicted octanol–water partition coefficient (Wildman–Crippen LogP) is 4.59. The molecule has 0 aliphatic carbocycles. The van der Waals surface area contributed by atoms with E-state index in [0.29, 0.717) is 0 Å².